The van der Waals surface area contributed by atoms with Gasteiger partial charge < -0.3 is 4.90 Å². The molecule has 3 aromatic rings. The Morgan fingerprint density at radius 1 is 1.00 bits per heavy atom. The fourth-order valence-electron chi connectivity index (χ4n) is 4.14. The van der Waals surface area contributed by atoms with Crippen LogP contribution in [0.4, 0.5) is 11.4 Å². The SMILES string of the molecule is CCCCc1ccc(NS(=O)(=O)c2ccc3c(c2)CCCN3C(=O)c2ccc(C)cc2)cc1. The number of carbonyl (C=O) groups excluding carboxylic acids is 1. The molecule has 6 heteroatoms. The Morgan fingerprint density at radius 2 is 1.73 bits per heavy atom. The molecule has 1 heterocycles. The van der Waals surface area contributed by atoms with Crippen molar-refractivity contribution < 1.29 is 13.2 Å². The minimum absolute atomic E-state index is 0.0622. The minimum Gasteiger partial charge on any atom is -0.308 e. The number of unbranched alkanes of at least 4 members (excludes halogenated alkanes) is 1. The lowest BCUT2D eigenvalue weighted by Gasteiger charge is -2.30. The fraction of sp³-hybridized carbons (Fsp3) is 0.296. The third kappa shape index (κ3) is 5.28. The van der Waals surface area contributed by atoms with Gasteiger partial charge in [0.2, 0.25) is 0 Å². The van der Waals surface area contributed by atoms with Crippen LogP contribution in [0.5, 0.6) is 0 Å². The summed E-state index contributed by atoms with van der Waals surface area (Å²) in [6, 6.07) is 20.1. The molecule has 0 saturated heterocycles. The number of rotatable bonds is 7. The molecule has 0 aliphatic carbocycles. The number of nitrogens with zero attached hydrogens (tertiary/aromatic N) is 1. The van der Waals surface area contributed by atoms with E-state index in [9.17, 15) is 13.2 Å². The maximum absolute atomic E-state index is 13.1. The summed E-state index contributed by atoms with van der Waals surface area (Å²) in [7, 11) is -3.72. The van der Waals surface area contributed by atoms with E-state index in [0.717, 1.165) is 48.9 Å². The van der Waals surface area contributed by atoms with Crippen LogP contribution in [-0.4, -0.2) is 20.9 Å². The first kappa shape index (κ1) is 23.1. The van der Waals surface area contributed by atoms with Crippen LogP contribution in [0, 0.1) is 6.92 Å². The normalized spacial score (nSPS) is 13.5. The number of aryl methyl sites for hydroxylation is 3. The summed E-state index contributed by atoms with van der Waals surface area (Å²) >= 11 is 0. The van der Waals surface area contributed by atoms with Crippen LogP contribution in [-0.2, 0) is 22.9 Å². The summed E-state index contributed by atoms with van der Waals surface area (Å²) < 4.78 is 28.7. The van der Waals surface area contributed by atoms with Gasteiger partial charge in [-0.2, -0.15) is 0 Å². The van der Waals surface area contributed by atoms with Crippen molar-refractivity contribution in [2.45, 2.75) is 50.8 Å². The van der Waals surface area contributed by atoms with Crippen LogP contribution in [0.1, 0.15) is 53.2 Å². The molecule has 0 saturated carbocycles. The minimum atomic E-state index is -3.72. The Hall–Kier alpha value is -3.12. The van der Waals surface area contributed by atoms with Gasteiger partial charge in [0.05, 0.1) is 4.90 Å². The molecular weight excluding hydrogens is 432 g/mol. The number of sulfonamides is 1. The van der Waals surface area contributed by atoms with Crippen molar-refractivity contribution >= 4 is 27.3 Å². The Morgan fingerprint density at radius 3 is 2.42 bits per heavy atom. The number of benzene rings is 3. The quantitative estimate of drug-likeness (QED) is 0.487. The summed E-state index contributed by atoms with van der Waals surface area (Å²) in [6.45, 7) is 4.76. The van der Waals surface area contributed by atoms with E-state index in [0.29, 0.717) is 17.8 Å². The van der Waals surface area contributed by atoms with Gasteiger partial charge in [0.1, 0.15) is 0 Å². The van der Waals surface area contributed by atoms with Crippen LogP contribution in [0.2, 0.25) is 0 Å². The lowest BCUT2D eigenvalue weighted by atomic mass is 10.0. The molecule has 33 heavy (non-hydrogen) atoms. The van der Waals surface area contributed by atoms with Gasteiger partial charge in [0.15, 0.2) is 0 Å². The van der Waals surface area contributed by atoms with Gasteiger partial charge >= 0.3 is 0 Å². The van der Waals surface area contributed by atoms with Gasteiger partial charge in [-0.3, -0.25) is 9.52 Å². The molecule has 1 N–H and O–H groups in total. The molecule has 0 radical (unpaired) electrons. The van der Waals surface area contributed by atoms with E-state index < -0.39 is 10.0 Å². The second-order valence-electron chi connectivity index (χ2n) is 8.62. The molecule has 0 aromatic heterocycles. The molecule has 0 atom stereocenters. The van der Waals surface area contributed by atoms with Gasteiger partial charge in [-0.15, -0.1) is 0 Å². The Balaban J connectivity index is 1.54. The van der Waals surface area contributed by atoms with Crippen LogP contribution in [0.15, 0.2) is 71.6 Å². The van der Waals surface area contributed by atoms with Crippen molar-refractivity contribution in [3.63, 3.8) is 0 Å². The van der Waals surface area contributed by atoms with E-state index in [2.05, 4.69) is 11.6 Å². The summed E-state index contributed by atoms with van der Waals surface area (Å²) in [5.41, 5.74) is 5.14. The number of fused-ring (bicyclic) bond motifs is 1. The van der Waals surface area contributed by atoms with Crippen LogP contribution in [0.25, 0.3) is 0 Å². The number of hydrogen-bond acceptors (Lipinski definition) is 3. The predicted octanol–water partition coefficient (Wildman–Crippen LogP) is 5.73. The zero-order valence-electron chi connectivity index (χ0n) is 19.2. The summed E-state index contributed by atoms with van der Waals surface area (Å²) in [5, 5.41) is 0. The topological polar surface area (TPSA) is 66.5 Å². The average molecular weight is 463 g/mol. The Kier molecular flexibility index (Phi) is 6.84. The number of hydrogen-bond donors (Lipinski definition) is 1. The van der Waals surface area contributed by atoms with Crippen molar-refractivity contribution in [1.29, 1.82) is 0 Å². The van der Waals surface area contributed by atoms with E-state index in [1.54, 1.807) is 23.1 Å². The average Bonchev–Trinajstić information content (AvgIpc) is 2.82. The Labute approximate surface area is 196 Å². The molecule has 0 unspecified atom stereocenters. The van der Waals surface area contributed by atoms with Crippen molar-refractivity contribution in [1.82, 2.24) is 0 Å². The van der Waals surface area contributed by atoms with Crippen molar-refractivity contribution in [3.8, 4) is 0 Å². The van der Waals surface area contributed by atoms with Gasteiger partial charge in [-0.1, -0.05) is 43.2 Å². The first-order chi connectivity index (χ1) is 15.9. The lowest BCUT2D eigenvalue weighted by molar-refractivity contribution is 0.0985. The van der Waals surface area contributed by atoms with E-state index in [1.807, 2.05) is 55.5 Å². The first-order valence-electron chi connectivity index (χ1n) is 11.5. The fourth-order valence-corrected chi connectivity index (χ4v) is 5.25. The van der Waals surface area contributed by atoms with Crippen molar-refractivity contribution in [2.24, 2.45) is 0 Å². The molecule has 172 valence electrons. The monoisotopic (exact) mass is 462 g/mol. The second kappa shape index (κ2) is 9.79. The molecule has 1 aliphatic heterocycles. The van der Waals surface area contributed by atoms with Crippen LogP contribution in [0.3, 0.4) is 0 Å². The summed E-state index contributed by atoms with van der Waals surface area (Å²) in [5.74, 6) is -0.0622. The first-order valence-corrected chi connectivity index (χ1v) is 13.0. The Bertz CT molecular complexity index is 1230. The second-order valence-corrected chi connectivity index (χ2v) is 10.3. The molecule has 4 rings (SSSR count). The highest BCUT2D eigenvalue weighted by Crippen LogP contribution is 2.31. The molecule has 1 amide bonds. The maximum Gasteiger partial charge on any atom is 0.261 e. The number of nitrogens with one attached hydrogen (secondary N) is 1. The molecule has 1 aliphatic rings. The predicted molar refractivity (Wildman–Crippen MR) is 133 cm³/mol. The zero-order chi connectivity index (χ0) is 23.4. The maximum atomic E-state index is 13.1. The van der Waals surface area contributed by atoms with Crippen molar-refractivity contribution in [3.05, 3.63) is 89.0 Å². The van der Waals surface area contributed by atoms with Gasteiger partial charge in [-0.05, 0) is 86.2 Å². The number of carbonyl (C=O) groups is 1. The summed E-state index contributed by atoms with van der Waals surface area (Å²) in [4.78, 5) is 15.0. The van der Waals surface area contributed by atoms with E-state index in [4.69, 9.17) is 0 Å². The molecule has 3 aromatic carbocycles. The number of anilines is 2. The molecule has 0 bridgehead atoms. The lowest BCUT2D eigenvalue weighted by Crippen LogP contribution is -2.35. The van der Waals surface area contributed by atoms with Gasteiger partial charge in [0.25, 0.3) is 15.9 Å². The highest BCUT2D eigenvalue weighted by Gasteiger charge is 2.25. The van der Waals surface area contributed by atoms with Gasteiger partial charge in [-0.25, -0.2) is 8.42 Å². The number of amides is 1. The summed E-state index contributed by atoms with van der Waals surface area (Å²) in [6.07, 6.45) is 4.76. The third-order valence-corrected chi connectivity index (χ3v) is 7.43. The zero-order valence-corrected chi connectivity index (χ0v) is 20.0. The van der Waals surface area contributed by atoms with Crippen LogP contribution >= 0.6 is 0 Å². The molecular formula is C27H30N2O3S. The molecule has 5 nitrogen and oxygen atoms in total. The molecule has 0 fully saturated rings. The largest absolute Gasteiger partial charge is 0.308 e. The molecule has 0 spiro atoms. The standard InChI is InChI=1S/C27H30N2O3S/c1-3-4-6-21-10-14-24(15-11-21)28-33(31,32)25-16-17-26-23(19-25)7-5-18-29(26)27(30)22-12-8-20(2)9-13-22/h8-17,19,28H,3-7,18H2,1-2H3. The van der Waals surface area contributed by atoms with E-state index in [1.165, 1.54) is 5.56 Å². The van der Waals surface area contributed by atoms with E-state index in [-0.39, 0.29) is 10.8 Å². The highest BCUT2D eigenvalue weighted by molar-refractivity contribution is 7.92. The smallest absolute Gasteiger partial charge is 0.261 e. The van der Waals surface area contributed by atoms with E-state index >= 15 is 0 Å². The third-order valence-electron chi connectivity index (χ3n) is 6.05. The van der Waals surface area contributed by atoms with Crippen LogP contribution < -0.4 is 9.62 Å². The highest BCUT2D eigenvalue weighted by atomic mass is 32.2. The van der Waals surface area contributed by atoms with Gasteiger partial charge in [0, 0.05) is 23.5 Å². The van der Waals surface area contributed by atoms with Crippen molar-refractivity contribution in [2.75, 3.05) is 16.2 Å².